The van der Waals surface area contributed by atoms with Gasteiger partial charge in [0.25, 0.3) is 5.91 Å². The molecule has 5 heteroatoms. The van der Waals surface area contributed by atoms with Crippen molar-refractivity contribution in [3.63, 3.8) is 0 Å². The van der Waals surface area contributed by atoms with Gasteiger partial charge in [-0.3, -0.25) is 4.79 Å². The Balaban J connectivity index is 2.04. The molecule has 0 aliphatic carbocycles. The van der Waals surface area contributed by atoms with Crippen molar-refractivity contribution in [1.29, 1.82) is 0 Å². The van der Waals surface area contributed by atoms with E-state index in [4.69, 9.17) is 16.3 Å². The van der Waals surface area contributed by atoms with Gasteiger partial charge in [0, 0.05) is 17.7 Å². The summed E-state index contributed by atoms with van der Waals surface area (Å²) in [6.07, 6.45) is -0.807. The minimum atomic E-state index is -0.807. The van der Waals surface area contributed by atoms with E-state index in [9.17, 15) is 9.90 Å². The highest BCUT2D eigenvalue weighted by Crippen LogP contribution is 2.19. The Labute approximate surface area is 141 Å². The molecule has 1 amide bonds. The van der Waals surface area contributed by atoms with Crippen molar-refractivity contribution < 1.29 is 14.6 Å². The maximum Gasteiger partial charge on any atom is 0.251 e. The third kappa shape index (κ3) is 4.79. The number of amides is 1. The molecule has 0 fully saturated rings. The standard InChI is InChI=1S/C18H20ClNO3/c1-12(17(21)14-6-8-16(19)9-7-14)20-18(22)15-5-3-4-13(10-15)11-23-2/h3-10,12,17,21H,11H2,1-2H3,(H,20,22). The van der Waals surface area contributed by atoms with Crippen molar-refractivity contribution in [2.24, 2.45) is 0 Å². The molecule has 0 bridgehead atoms. The summed E-state index contributed by atoms with van der Waals surface area (Å²) in [7, 11) is 1.61. The van der Waals surface area contributed by atoms with Crippen LogP contribution in [-0.2, 0) is 11.3 Å². The minimum Gasteiger partial charge on any atom is -0.386 e. The monoisotopic (exact) mass is 333 g/mol. The predicted molar refractivity (Wildman–Crippen MR) is 90.5 cm³/mol. The molecule has 0 aliphatic rings. The summed E-state index contributed by atoms with van der Waals surface area (Å²) in [5.74, 6) is -0.233. The van der Waals surface area contributed by atoms with Gasteiger partial charge in [0.05, 0.1) is 18.8 Å². The molecule has 2 N–H and O–H groups in total. The lowest BCUT2D eigenvalue weighted by Crippen LogP contribution is -2.37. The zero-order valence-electron chi connectivity index (χ0n) is 13.1. The van der Waals surface area contributed by atoms with Gasteiger partial charge in [-0.2, -0.15) is 0 Å². The first kappa shape index (κ1) is 17.5. The molecule has 0 aliphatic heterocycles. The summed E-state index contributed by atoms with van der Waals surface area (Å²) in [4.78, 5) is 12.3. The van der Waals surface area contributed by atoms with Gasteiger partial charge in [-0.05, 0) is 42.3 Å². The Hall–Kier alpha value is -1.88. The van der Waals surface area contributed by atoms with Gasteiger partial charge in [-0.1, -0.05) is 35.9 Å². The number of methoxy groups -OCH3 is 1. The second-order valence-electron chi connectivity index (χ2n) is 5.39. The maximum absolute atomic E-state index is 12.3. The van der Waals surface area contributed by atoms with E-state index in [0.29, 0.717) is 22.8 Å². The van der Waals surface area contributed by atoms with Crippen LogP contribution in [0, 0.1) is 0 Å². The molecule has 23 heavy (non-hydrogen) atoms. The van der Waals surface area contributed by atoms with Crippen molar-refractivity contribution in [3.05, 3.63) is 70.2 Å². The van der Waals surface area contributed by atoms with Gasteiger partial charge in [-0.15, -0.1) is 0 Å². The largest absolute Gasteiger partial charge is 0.386 e. The van der Waals surface area contributed by atoms with Gasteiger partial charge in [-0.25, -0.2) is 0 Å². The molecule has 4 nitrogen and oxygen atoms in total. The number of hydrogen-bond acceptors (Lipinski definition) is 3. The molecule has 0 radical (unpaired) electrons. The lowest BCUT2D eigenvalue weighted by molar-refractivity contribution is 0.0852. The van der Waals surface area contributed by atoms with Crippen molar-refractivity contribution >= 4 is 17.5 Å². The van der Waals surface area contributed by atoms with Crippen molar-refractivity contribution in [2.45, 2.75) is 25.7 Å². The number of halogens is 1. The Bertz CT molecular complexity index is 658. The highest BCUT2D eigenvalue weighted by atomic mass is 35.5. The molecule has 2 aromatic carbocycles. The summed E-state index contributed by atoms with van der Waals surface area (Å²) in [5.41, 5.74) is 2.16. The van der Waals surface area contributed by atoms with E-state index in [1.54, 1.807) is 50.4 Å². The topological polar surface area (TPSA) is 58.6 Å². The highest BCUT2D eigenvalue weighted by Gasteiger charge is 2.19. The second-order valence-corrected chi connectivity index (χ2v) is 5.83. The van der Waals surface area contributed by atoms with Crippen LogP contribution in [0.15, 0.2) is 48.5 Å². The number of aliphatic hydroxyl groups excluding tert-OH is 1. The van der Waals surface area contributed by atoms with Crippen LogP contribution in [0.3, 0.4) is 0 Å². The lowest BCUT2D eigenvalue weighted by atomic mass is 10.0. The molecule has 2 aromatic rings. The van der Waals surface area contributed by atoms with E-state index in [1.807, 2.05) is 12.1 Å². The predicted octanol–water partition coefficient (Wildman–Crippen LogP) is 3.34. The third-order valence-corrected chi connectivity index (χ3v) is 3.80. The van der Waals surface area contributed by atoms with Gasteiger partial charge in [0.1, 0.15) is 0 Å². The molecule has 2 unspecified atom stereocenters. The van der Waals surface area contributed by atoms with Crippen LogP contribution in [0.4, 0.5) is 0 Å². The smallest absolute Gasteiger partial charge is 0.251 e. The number of aliphatic hydroxyl groups is 1. The van der Waals surface area contributed by atoms with Crippen molar-refractivity contribution in [3.8, 4) is 0 Å². The zero-order valence-corrected chi connectivity index (χ0v) is 13.9. The average Bonchev–Trinajstić information content (AvgIpc) is 2.55. The van der Waals surface area contributed by atoms with Crippen LogP contribution in [0.5, 0.6) is 0 Å². The zero-order chi connectivity index (χ0) is 16.8. The van der Waals surface area contributed by atoms with Gasteiger partial charge in [0.15, 0.2) is 0 Å². The first-order valence-electron chi connectivity index (χ1n) is 7.33. The van der Waals surface area contributed by atoms with E-state index in [-0.39, 0.29) is 5.91 Å². The maximum atomic E-state index is 12.3. The van der Waals surface area contributed by atoms with Crippen LogP contribution >= 0.6 is 11.6 Å². The second kappa shape index (κ2) is 8.11. The number of nitrogens with one attached hydrogen (secondary N) is 1. The van der Waals surface area contributed by atoms with Gasteiger partial charge < -0.3 is 15.2 Å². The number of rotatable bonds is 6. The van der Waals surface area contributed by atoms with E-state index >= 15 is 0 Å². The van der Waals surface area contributed by atoms with Crippen LogP contribution in [0.25, 0.3) is 0 Å². The first-order valence-corrected chi connectivity index (χ1v) is 7.71. The summed E-state index contributed by atoms with van der Waals surface area (Å²) < 4.78 is 5.07. The van der Waals surface area contributed by atoms with E-state index in [1.165, 1.54) is 0 Å². The highest BCUT2D eigenvalue weighted by molar-refractivity contribution is 6.30. The van der Waals surface area contributed by atoms with Crippen LogP contribution < -0.4 is 5.32 Å². The number of benzene rings is 2. The van der Waals surface area contributed by atoms with Crippen LogP contribution in [0.1, 0.15) is 34.5 Å². The SMILES string of the molecule is COCc1cccc(C(=O)NC(C)C(O)c2ccc(Cl)cc2)c1. The van der Waals surface area contributed by atoms with E-state index in [0.717, 1.165) is 5.56 Å². The summed E-state index contributed by atoms with van der Waals surface area (Å²) in [5, 5.41) is 13.8. The Morgan fingerprint density at radius 3 is 2.61 bits per heavy atom. The minimum absolute atomic E-state index is 0.233. The fourth-order valence-corrected chi connectivity index (χ4v) is 2.41. The number of hydrogen-bond donors (Lipinski definition) is 2. The number of ether oxygens (including phenoxy) is 1. The summed E-state index contributed by atoms with van der Waals surface area (Å²) in [6, 6.07) is 13.7. The van der Waals surface area contributed by atoms with Crippen molar-refractivity contribution in [2.75, 3.05) is 7.11 Å². The average molecular weight is 334 g/mol. The molecule has 2 atom stereocenters. The summed E-state index contributed by atoms with van der Waals surface area (Å²) >= 11 is 5.84. The molecular formula is C18H20ClNO3. The quantitative estimate of drug-likeness (QED) is 0.852. The molecule has 0 heterocycles. The fraction of sp³-hybridized carbons (Fsp3) is 0.278. The van der Waals surface area contributed by atoms with Crippen LogP contribution in [0.2, 0.25) is 5.02 Å². The van der Waals surface area contributed by atoms with E-state index in [2.05, 4.69) is 5.32 Å². The number of carbonyl (C=O) groups excluding carboxylic acids is 1. The Morgan fingerprint density at radius 1 is 1.26 bits per heavy atom. The molecule has 2 rings (SSSR count). The molecule has 0 saturated heterocycles. The molecule has 122 valence electrons. The third-order valence-electron chi connectivity index (χ3n) is 3.54. The lowest BCUT2D eigenvalue weighted by Gasteiger charge is -2.21. The molecule has 0 aromatic heterocycles. The molecular weight excluding hydrogens is 314 g/mol. The van der Waals surface area contributed by atoms with Gasteiger partial charge >= 0.3 is 0 Å². The Morgan fingerprint density at radius 2 is 1.96 bits per heavy atom. The van der Waals surface area contributed by atoms with Crippen molar-refractivity contribution in [1.82, 2.24) is 5.32 Å². The normalized spacial score (nSPS) is 13.4. The van der Waals surface area contributed by atoms with E-state index < -0.39 is 12.1 Å². The molecule has 0 saturated carbocycles. The first-order chi connectivity index (χ1) is 11.0. The fourth-order valence-electron chi connectivity index (χ4n) is 2.29. The van der Waals surface area contributed by atoms with Crippen LogP contribution in [-0.4, -0.2) is 24.2 Å². The molecule has 0 spiro atoms. The van der Waals surface area contributed by atoms with Gasteiger partial charge in [0.2, 0.25) is 0 Å². The number of carbonyl (C=O) groups is 1. The summed E-state index contributed by atoms with van der Waals surface area (Å²) in [6.45, 7) is 2.21. The Kier molecular flexibility index (Phi) is 6.16.